The van der Waals surface area contributed by atoms with Gasteiger partial charge in [0, 0.05) is 11.6 Å². The van der Waals surface area contributed by atoms with Crippen molar-refractivity contribution in [1.82, 2.24) is 4.90 Å². The molecule has 0 radical (unpaired) electrons. The molecule has 0 aliphatic rings. The molecule has 1 unspecified atom stereocenters. The van der Waals surface area contributed by atoms with Crippen molar-refractivity contribution < 1.29 is 9.90 Å². The van der Waals surface area contributed by atoms with E-state index in [9.17, 15) is 4.79 Å². The fraction of sp³-hybridized carbons (Fsp3) is 0.533. The second kappa shape index (κ2) is 6.01. The summed E-state index contributed by atoms with van der Waals surface area (Å²) in [6.45, 7) is 6.41. The van der Waals surface area contributed by atoms with Crippen molar-refractivity contribution in [2.45, 2.75) is 45.2 Å². The first-order chi connectivity index (χ1) is 8.38. The van der Waals surface area contributed by atoms with Crippen LogP contribution in [-0.2, 0) is 4.79 Å². The van der Waals surface area contributed by atoms with E-state index in [1.54, 1.807) is 0 Å². The summed E-state index contributed by atoms with van der Waals surface area (Å²) in [4.78, 5) is 13.2. The van der Waals surface area contributed by atoms with Crippen LogP contribution in [0, 0.1) is 0 Å². The van der Waals surface area contributed by atoms with E-state index >= 15 is 0 Å². The Labute approximate surface area is 109 Å². The number of carboxylic acid groups (broad SMARTS) is 1. The lowest BCUT2D eigenvalue weighted by molar-refractivity contribution is -0.139. The molecule has 0 amide bonds. The Balaban J connectivity index is 3.03. The number of hydrogen-bond donors (Lipinski definition) is 1. The van der Waals surface area contributed by atoms with Crippen molar-refractivity contribution in [2.75, 3.05) is 7.05 Å². The fourth-order valence-corrected chi connectivity index (χ4v) is 1.99. The maximum Gasteiger partial charge on any atom is 0.305 e. The molecule has 0 saturated carbocycles. The van der Waals surface area contributed by atoms with Crippen molar-refractivity contribution >= 4 is 5.97 Å². The molecule has 1 N–H and O–H groups in total. The molecule has 0 aromatic heterocycles. The Kier molecular flexibility index (Phi) is 4.91. The van der Waals surface area contributed by atoms with Gasteiger partial charge in [0.2, 0.25) is 0 Å². The average Bonchev–Trinajstić information content (AvgIpc) is 2.36. The predicted molar refractivity (Wildman–Crippen MR) is 73.6 cm³/mol. The molecule has 100 valence electrons. The molecule has 0 heterocycles. The first-order valence-electron chi connectivity index (χ1n) is 6.38. The lowest BCUT2D eigenvalue weighted by atomic mass is 9.93. The van der Waals surface area contributed by atoms with Crippen LogP contribution in [0.2, 0.25) is 0 Å². The van der Waals surface area contributed by atoms with Crippen molar-refractivity contribution in [2.24, 2.45) is 0 Å². The van der Waals surface area contributed by atoms with Gasteiger partial charge in [0.15, 0.2) is 0 Å². The molecule has 3 nitrogen and oxygen atoms in total. The van der Waals surface area contributed by atoms with E-state index in [1.807, 2.05) is 37.4 Å². The second-order valence-corrected chi connectivity index (χ2v) is 5.30. The van der Waals surface area contributed by atoms with Gasteiger partial charge in [-0.2, -0.15) is 0 Å². The zero-order valence-corrected chi connectivity index (χ0v) is 11.7. The highest BCUT2D eigenvalue weighted by molar-refractivity contribution is 5.68. The second-order valence-electron chi connectivity index (χ2n) is 5.30. The summed E-state index contributed by atoms with van der Waals surface area (Å²) < 4.78 is 0. The minimum atomic E-state index is -0.761. The molecule has 0 aliphatic carbocycles. The summed E-state index contributed by atoms with van der Waals surface area (Å²) in [6, 6.07) is 9.77. The van der Waals surface area contributed by atoms with Crippen LogP contribution in [0.25, 0.3) is 0 Å². The third-order valence-corrected chi connectivity index (χ3v) is 3.84. The number of carbonyl (C=O) groups is 1. The lowest BCUT2D eigenvalue weighted by Crippen LogP contribution is -2.43. The normalized spacial score (nSPS) is 13.6. The quantitative estimate of drug-likeness (QED) is 0.840. The Bertz CT molecular complexity index is 387. The molecule has 0 saturated heterocycles. The van der Waals surface area contributed by atoms with Crippen molar-refractivity contribution in [3.8, 4) is 0 Å². The summed E-state index contributed by atoms with van der Waals surface area (Å²) >= 11 is 0. The zero-order valence-electron chi connectivity index (χ0n) is 11.7. The number of hydrogen-bond acceptors (Lipinski definition) is 2. The van der Waals surface area contributed by atoms with E-state index < -0.39 is 5.97 Å². The number of aliphatic carboxylic acids is 1. The molecule has 1 aromatic carbocycles. The van der Waals surface area contributed by atoms with Crippen molar-refractivity contribution in [3.05, 3.63) is 35.9 Å². The van der Waals surface area contributed by atoms with Crippen LogP contribution >= 0.6 is 0 Å². The summed E-state index contributed by atoms with van der Waals surface area (Å²) in [5, 5.41) is 9.11. The predicted octanol–water partition coefficient (Wildman–Crippen LogP) is 3.32. The molecule has 18 heavy (non-hydrogen) atoms. The van der Waals surface area contributed by atoms with Crippen LogP contribution in [-0.4, -0.2) is 28.6 Å². The van der Waals surface area contributed by atoms with Gasteiger partial charge < -0.3 is 5.11 Å². The monoisotopic (exact) mass is 249 g/mol. The minimum absolute atomic E-state index is 0.0179. The van der Waals surface area contributed by atoms with Crippen LogP contribution in [0.5, 0.6) is 0 Å². The van der Waals surface area contributed by atoms with E-state index in [0.717, 1.165) is 12.0 Å². The molecule has 1 atom stereocenters. The fourth-order valence-electron chi connectivity index (χ4n) is 1.99. The molecule has 0 spiro atoms. The summed E-state index contributed by atoms with van der Waals surface area (Å²) in [6.07, 6.45) is 1.11. The number of rotatable bonds is 6. The average molecular weight is 249 g/mol. The molecule has 1 aromatic rings. The third-order valence-electron chi connectivity index (χ3n) is 3.84. The topological polar surface area (TPSA) is 40.5 Å². The number of benzene rings is 1. The van der Waals surface area contributed by atoms with Gasteiger partial charge >= 0.3 is 5.97 Å². The highest BCUT2D eigenvalue weighted by atomic mass is 16.4. The molecule has 0 bridgehead atoms. The summed E-state index contributed by atoms with van der Waals surface area (Å²) in [7, 11) is 2.00. The van der Waals surface area contributed by atoms with E-state index in [-0.39, 0.29) is 18.0 Å². The van der Waals surface area contributed by atoms with Gasteiger partial charge in [-0.05, 0) is 32.9 Å². The summed E-state index contributed by atoms with van der Waals surface area (Å²) in [5.74, 6) is -0.761. The molecule has 0 fully saturated rings. The minimum Gasteiger partial charge on any atom is -0.481 e. The van der Waals surface area contributed by atoms with Gasteiger partial charge in [-0.1, -0.05) is 37.3 Å². The van der Waals surface area contributed by atoms with Gasteiger partial charge in [-0.25, -0.2) is 0 Å². The first-order valence-corrected chi connectivity index (χ1v) is 6.38. The van der Waals surface area contributed by atoms with Crippen LogP contribution in [0.15, 0.2) is 30.3 Å². The standard InChI is InChI=1S/C15H23NO2/c1-5-15(2,3)16(4)13(11-14(17)18)12-9-7-6-8-10-12/h6-10,13H,5,11H2,1-4H3,(H,17,18). The van der Waals surface area contributed by atoms with Gasteiger partial charge in [0.1, 0.15) is 0 Å². The number of carboxylic acids is 1. The zero-order chi connectivity index (χ0) is 13.8. The maximum atomic E-state index is 11.1. The smallest absolute Gasteiger partial charge is 0.305 e. The van der Waals surface area contributed by atoms with Crippen molar-refractivity contribution in [1.29, 1.82) is 0 Å². The largest absolute Gasteiger partial charge is 0.481 e. The highest BCUT2D eigenvalue weighted by Gasteiger charge is 2.30. The molecule has 1 rings (SSSR count). The van der Waals surface area contributed by atoms with E-state index in [4.69, 9.17) is 5.11 Å². The summed E-state index contributed by atoms with van der Waals surface area (Å²) in [5.41, 5.74) is 1.04. The van der Waals surface area contributed by atoms with E-state index in [2.05, 4.69) is 25.7 Å². The molecule has 0 aliphatic heterocycles. The first kappa shape index (κ1) is 14.7. The van der Waals surface area contributed by atoms with Gasteiger partial charge in [-0.3, -0.25) is 9.69 Å². The third kappa shape index (κ3) is 3.57. The van der Waals surface area contributed by atoms with Crippen LogP contribution in [0.4, 0.5) is 0 Å². The maximum absolute atomic E-state index is 11.1. The molecular formula is C15H23NO2. The highest BCUT2D eigenvalue weighted by Crippen LogP contribution is 2.30. The lowest BCUT2D eigenvalue weighted by Gasteiger charge is -2.40. The van der Waals surface area contributed by atoms with Crippen LogP contribution < -0.4 is 0 Å². The van der Waals surface area contributed by atoms with Crippen LogP contribution in [0.3, 0.4) is 0 Å². The SMILES string of the molecule is CCC(C)(C)N(C)C(CC(=O)O)c1ccccc1. The molecule has 3 heteroatoms. The van der Waals surface area contributed by atoms with E-state index in [1.165, 1.54) is 0 Å². The van der Waals surface area contributed by atoms with Crippen LogP contribution in [0.1, 0.15) is 45.2 Å². The van der Waals surface area contributed by atoms with E-state index in [0.29, 0.717) is 0 Å². The number of nitrogens with zero attached hydrogens (tertiary/aromatic N) is 1. The Morgan fingerprint density at radius 3 is 2.33 bits per heavy atom. The van der Waals surface area contributed by atoms with Gasteiger partial charge in [0.25, 0.3) is 0 Å². The Morgan fingerprint density at radius 1 is 1.33 bits per heavy atom. The Morgan fingerprint density at radius 2 is 1.89 bits per heavy atom. The molecular weight excluding hydrogens is 226 g/mol. The van der Waals surface area contributed by atoms with Gasteiger partial charge in [0.05, 0.1) is 6.42 Å². The van der Waals surface area contributed by atoms with Gasteiger partial charge in [-0.15, -0.1) is 0 Å². The Hall–Kier alpha value is -1.35. The van der Waals surface area contributed by atoms with Crippen molar-refractivity contribution in [3.63, 3.8) is 0 Å².